The number of ether oxygens (including phenoxy) is 2. The molecular formula is C51H62F6N8O4. The van der Waals surface area contributed by atoms with Crippen molar-refractivity contribution in [3.05, 3.63) is 96.1 Å². The van der Waals surface area contributed by atoms with Crippen molar-refractivity contribution in [3.8, 4) is 11.5 Å². The number of hydrogen-bond donors (Lipinski definition) is 4. The van der Waals surface area contributed by atoms with E-state index in [-0.39, 0.29) is 53.7 Å². The molecule has 2 saturated carbocycles. The zero-order valence-corrected chi connectivity index (χ0v) is 39.3. The van der Waals surface area contributed by atoms with Crippen LogP contribution in [0.15, 0.2) is 84.9 Å². The molecule has 4 atom stereocenters. The van der Waals surface area contributed by atoms with Gasteiger partial charge in [0.25, 0.3) is 11.8 Å². The van der Waals surface area contributed by atoms with E-state index >= 15 is 0 Å². The highest BCUT2D eigenvalue weighted by atomic mass is 19.4. The van der Waals surface area contributed by atoms with Gasteiger partial charge in [-0.1, -0.05) is 49.0 Å². The highest BCUT2D eigenvalue weighted by Crippen LogP contribution is 2.48. The van der Waals surface area contributed by atoms with E-state index in [4.69, 9.17) is 9.97 Å². The number of benzene rings is 4. The number of rotatable bonds is 10. The number of aromatic nitrogens is 4. The molecule has 0 spiro atoms. The van der Waals surface area contributed by atoms with Crippen molar-refractivity contribution >= 4 is 57.2 Å². The third-order valence-electron chi connectivity index (χ3n) is 12.5. The van der Waals surface area contributed by atoms with Gasteiger partial charge in [-0.25, -0.2) is 9.97 Å². The molecule has 6 aromatic rings. The van der Waals surface area contributed by atoms with Crippen molar-refractivity contribution in [2.24, 2.45) is 22.7 Å². The van der Waals surface area contributed by atoms with Gasteiger partial charge in [0.2, 0.25) is 11.9 Å². The number of carbonyl (C=O) groups is 2. The predicted octanol–water partition coefficient (Wildman–Crippen LogP) is 13.5. The fourth-order valence-electron chi connectivity index (χ4n) is 10.4. The summed E-state index contributed by atoms with van der Waals surface area (Å²) in [7, 11) is 3.16. The van der Waals surface area contributed by atoms with Crippen LogP contribution in [-0.2, 0) is 0 Å². The molecule has 0 saturated heterocycles. The SMILES string of the molecule is C.CNC(=O)c1ccc2c(c1)nc(Nc1ccc(OC(F)(F)F)cc1)n2[C@@H]1C[C@H](C)CC(C)(C)C1.CNC(=O)c1ccc2c(c1)nc(Nc1ccc(OC(F)(F)F)cc1)n2[C@H]1C[C@@H](C)CC(C)(C)C1. The minimum Gasteiger partial charge on any atom is -0.406 e. The van der Waals surface area contributed by atoms with E-state index < -0.39 is 12.7 Å². The number of hydrogen-bond acceptors (Lipinski definition) is 8. The first kappa shape index (κ1) is 51.9. The minimum atomic E-state index is -4.74. The molecular weight excluding hydrogens is 903 g/mol. The summed E-state index contributed by atoms with van der Waals surface area (Å²) in [4.78, 5) is 33.8. The summed E-state index contributed by atoms with van der Waals surface area (Å²) in [5, 5.41) is 11.8. The van der Waals surface area contributed by atoms with Crippen molar-refractivity contribution in [1.29, 1.82) is 0 Å². The van der Waals surface area contributed by atoms with Crippen LogP contribution in [0, 0.1) is 22.7 Å². The van der Waals surface area contributed by atoms with Gasteiger partial charge in [0, 0.05) is 48.7 Å². The molecule has 2 aliphatic rings. The van der Waals surface area contributed by atoms with E-state index in [0.29, 0.717) is 57.3 Å². The molecule has 0 radical (unpaired) electrons. The standard InChI is InChI=1S/2C25H29F3N4O2.CH4/c2*1-15-11-18(14-24(2,3)13-15)32-21-10-5-16(22(33)29-4)12-20(21)31-23(32)30-17-6-8-19(9-7-17)34-25(26,27)28;/h2*5-10,12,15,18H,11,13-14H2,1-4H3,(H,29,33)(H,30,31);1H4/t2*15-,18+;/m10./s1. The van der Waals surface area contributed by atoms with Crippen LogP contribution < -0.4 is 30.7 Å². The molecule has 18 heteroatoms. The number of nitrogens with zero attached hydrogens (tertiary/aromatic N) is 4. The van der Waals surface area contributed by atoms with Crippen LogP contribution in [0.25, 0.3) is 22.1 Å². The number of fused-ring (bicyclic) bond motifs is 2. The number of nitrogens with one attached hydrogen (secondary N) is 4. The van der Waals surface area contributed by atoms with Crippen LogP contribution in [-0.4, -0.2) is 57.7 Å². The molecule has 4 aromatic carbocycles. The highest BCUT2D eigenvalue weighted by molar-refractivity contribution is 5.98. The monoisotopic (exact) mass is 964 g/mol. The van der Waals surface area contributed by atoms with Gasteiger partial charge in [0.1, 0.15) is 11.5 Å². The maximum absolute atomic E-state index is 12.5. The fourth-order valence-corrected chi connectivity index (χ4v) is 10.4. The van der Waals surface area contributed by atoms with Crippen molar-refractivity contribution in [3.63, 3.8) is 0 Å². The Labute approximate surface area is 398 Å². The summed E-state index contributed by atoms with van der Waals surface area (Å²) < 4.78 is 87.2. The number of amides is 2. The van der Waals surface area contributed by atoms with Crippen molar-refractivity contribution < 1.29 is 45.4 Å². The quantitative estimate of drug-likeness (QED) is 0.0997. The van der Waals surface area contributed by atoms with Gasteiger partial charge in [0.15, 0.2) is 0 Å². The zero-order chi connectivity index (χ0) is 49.3. The molecule has 4 N–H and O–H groups in total. The Morgan fingerprint density at radius 3 is 1.23 bits per heavy atom. The maximum Gasteiger partial charge on any atom is 0.573 e. The second kappa shape index (κ2) is 20.2. The molecule has 0 aliphatic heterocycles. The van der Waals surface area contributed by atoms with E-state index in [1.165, 1.54) is 48.5 Å². The summed E-state index contributed by atoms with van der Waals surface area (Å²) in [5.41, 5.74) is 5.68. The molecule has 8 rings (SSSR count). The smallest absolute Gasteiger partial charge is 0.406 e. The van der Waals surface area contributed by atoms with Crippen LogP contribution in [0.1, 0.15) is 120 Å². The van der Waals surface area contributed by atoms with Crippen LogP contribution in [0.5, 0.6) is 11.5 Å². The van der Waals surface area contributed by atoms with E-state index in [9.17, 15) is 35.9 Å². The van der Waals surface area contributed by atoms with E-state index in [1.54, 1.807) is 38.4 Å². The summed E-state index contributed by atoms with van der Waals surface area (Å²) in [5.74, 6) is 1.27. The summed E-state index contributed by atoms with van der Waals surface area (Å²) in [6, 6.07) is 22.4. The number of anilines is 4. The minimum absolute atomic E-state index is 0. The van der Waals surface area contributed by atoms with Crippen LogP contribution in [0.3, 0.4) is 0 Å². The molecule has 2 aromatic heterocycles. The average Bonchev–Trinajstić information content (AvgIpc) is 3.78. The Balaban J connectivity index is 0.000000224. The van der Waals surface area contributed by atoms with Gasteiger partial charge < -0.3 is 39.9 Å². The summed E-state index contributed by atoms with van der Waals surface area (Å²) in [6.45, 7) is 13.6. The van der Waals surface area contributed by atoms with Gasteiger partial charge in [0.05, 0.1) is 22.1 Å². The first-order valence-corrected chi connectivity index (χ1v) is 22.6. The molecule has 2 heterocycles. The van der Waals surface area contributed by atoms with Gasteiger partial charge in [-0.15, -0.1) is 26.3 Å². The van der Waals surface area contributed by atoms with Gasteiger partial charge >= 0.3 is 12.7 Å². The van der Waals surface area contributed by atoms with Gasteiger partial charge in [-0.2, -0.15) is 0 Å². The second-order valence-corrected chi connectivity index (χ2v) is 19.7. The summed E-state index contributed by atoms with van der Waals surface area (Å²) in [6.07, 6.45) is -3.30. The fraction of sp³-hybridized carbons (Fsp3) is 0.451. The number of carbonyl (C=O) groups excluding carboxylic acids is 2. The average molecular weight is 965 g/mol. The Morgan fingerprint density at radius 2 is 0.928 bits per heavy atom. The van der Waals surface area contributed by atoms with Crippen molar-refractivity contribution in [1.82, 2.24) is 29.7 Å². The van der Waals surface area contributed by atoms with Gasteiger partial charge in [-0.05, 0) is 146 Å². The molecule has 2 fully saturated rings. The van der Waals surface area contributed by atoms with Crippen LogP contribution in [0.4, 0.5) is 49.6 Å². The third-order valence-corrected chi connectivity index (χ3v) is 12.5. The molecule has 0 unspecified atom stereocenters. The lowest BCUT2D eigenvalue weighted by Gasteiger charge is -2.40. The van der Waals surface area contributed by atoms with Gasteiger partial charge in [-0.3, -0.25) is 9.59 Å². The van der Waals surface area contributed by atoms with Crippen molar-refractivity contribution in [2.75, 3.05) is 24.7 Å². The lowest BCUT2D eigenvalue weighted by Crippen LogP contribution is -2.29. The number of imidazole rings is 2. The number of halogens is 6. The first-order valence-electron chi connectivity index (χ1n) is 22.6. The molecule has 69 heavy (non-hydrogen) atoms. The number of alkyl halides is 6. The van der Waals surface area contributed by atoms with Crippen LogP contribution >= 0.6 is 0 Å². The third kappa shape index (κ3) is 13.0. The second-order valence-electron chi connectivity index (χ2n) is 19.7. The van der Waals surface area contributed by atoms with E-state index in [0.717, 1.165) is 49.6 Å². The predicted molar refractivity (Wildman–Crippen MR) is 257 cm³/mol. The zero-order valence-electron chi connectivity index (χ0n) is 39.3. The lowest BCUT2D eigenvalue weighted by atomic mass is 9.70. The lowest BCUT2D eigenvalue weighted by molar-refractivity contribution is -0.275. The Hall–Kier alpha value is -6.46. The molecule has 2 aliphatic carbocycles. The normalized spacial score (nSPS) is 19.9. The van der Waals surface area contributed by atoms with Crippen molar-refractivity contribution in [2.45, 2.75) is 112 Å². The largest absolute Gasteiger partial charge is 0.573 e. The maximum atomic E-state index is 12.5. The molecule has 12 nitrogen and oxygen atoms in total. The van der Waals surface area contributed by atoms with E-state index in [2.05, 4.69) is 81.4 Å². The highest BCUT2D eigenvalue weighted by Gasteiger charge is 2.37. The first-order chi connectivity index (χ1) is 31.9. The Bertz CT molecular complexity index is 2560. The summed E-state index contributed by atoms with van der Waals surface area (Å²) >= 11 is 0. The van der Waals surface area contributed by atoms with Crippen LogP contribution in [0.2, 0.25) is 0 Å². The Morgan fingerprint density at radius 1 is 0.580 bits per heavy atom. The van der Waals surface area contributed by atoms with E-state index in [1.807, 2.05) is 12.1 Å². The Kier molecular flexibility index (Phi) is 15.2. The molecule has 372 valence electrons. The topological polar surface area (TPSA) is 136 Å². The molecule has 0 bridgehead atoms. The molecule has 2 amide bonds.